The van der Waals surface area contributed by atoms with Gasteiger partial charge in [0.25, 0.3) is 0 Å². The average Bonchev–Trinajstić information content (AvgIpc) is 2.93. The first-order chi connectivity index (χ1) is 13.0. The average molecular weight is 370 g/mol. The van der Waals surface area contributed by atoms with Gasteiger partial charge in [-0.3, -0.25) is 4.68 Å². The van der Waals surface area contributed by atoms with Crippen LogP contribution in [-0.4, -0.2) is 46.5 Å². The molecule has 146 valence electrons. The van der Waals surface area contributed by atoms with Gasteiger partial charge in [-0.15, -0.1) is 0 Å². The number of ether oxygens (including phenoxy) is 1. The number of aryl methyl sites for hydroxylation is 1. The van der Waals surface area contributed by atoms with Gasteiger partial charge in [0.1, 0.15) is 0 Å². The Morgan fingerprint density at radius 1 is 1.30 bits per heavy atom. The van der Waals surface area contributed by atoms with Crippen molar-refractivity contribution >= 4 is 6.03 Å². The van der Waals surface area contributed by atoms with Crippen LogP contribution in [0.5, 0.6) is 0 Å². The van der Waals surface area contributed by atoms with E-state index < -0.39 is 0 Å². The van der Waals surface area contributed by atoms with E-state index in [1.54, 1.807) is 7.11 Å². The normalized spacial score (nSPS) is 19.9. The highest BCUT2D eigenvalue weighted by Gasteiger charge is 2.28. The van der Waals surface area contributed by atoms with Gasteiger partial charge in [-0.2, -0.15) is 5.10 Å². The van der Waals surface area contributed by atoms with Crippen LogP contribution in [0.2, 0.25) is 0 Å². The predicted octanol–water partition coefficient (Wildman–Crippen LogP) is 3.26. The number of amides is 2. The number of carbonyl (C=O) groups excluding carboxylic acids is 1. The molecule has 3 rings (SSSR count). The Balaban J connectivity index is 1.62. The Morgan fingerprint density at radius 3 is 2.70 bits per heavy atom. The van der Waals surface area contributed by atoms with Crippen molar-refractivity contribution in [2.45, 2.75) is 58.8 Å². The largest absolute Gasteiger partial charge is 0.381 e. The lowest BCUT2D eigenvalue weighted by atomic mass is 10.0. The third-order valence-electron chi connectivity index (χ3n) is 5.55. The minimum Gasteiger partial charge on any atom is -0.381 e. The second kappa shape index (κ2) is 8.57. The number of nitrogens with one attached hydrogen (secondary N) is 1. The molecule has 0 bridgehead atoms. The number of urea groups is 1. The smallest absolute Gasteiger partial charge is 0.317 e. The summed E-state index contributed by atoms with van der Waals surface area (Å²) in [6, 6.07) is 10.5. The maximum absolute atomic E-state index is 12.6. The van der Waals surface area contributed by atoms with E-state index in [9.17, 15) is 4.79 Å². The number of methoxy groups -OCH3 is 1. The van der Waals surface area contributed by atoms with Gasteiger partial charge in [-0.25, -0.2) is 4.79 Å². The fourth-order valence-electron chi connectivity index (χ4n) is 3.81. The number of benzene rings is 1. The molecule has 2 atom stereocenters. The van der Waals surface area contributed by atoms with Gasteiger partial charge in [0.15, 0.2) is 0 Å². The molecule has 2 aromatic rings. The number of likely N-dealkylation sites (tertiary alicyclic amines) is 1. The summed E-state index contributed by atoms with van der Waals surface area (Å²) in [5.74, 6) is 0. The van der Waals surface area contributed by atoms with Crippen LogP contribution < -0.4 is 5.32 Å². The number of carbonyl (C=O) groups is 1. The highest BCUT2D eigenvalue weighted by atomic mass is 16.5. The van der Waals surface area contributed by atoms with Crippen molar-refractivity contribution in [1.29, 1.82) is 0 Å². The van der Waals surface area contributed by atoms with Crippen LogP contribution in [0, 0.1) is 13.8 Å². The van der Waals surface area contributed by atoms with Gasteiger partial charge in [0.2, 0.25) is 0 Å². The summed E-state index contributed by atoms with van der Waals surface area (Å²) in [7, 11) is 1.74. The zero-order valence-corrected chi connectivity index (χ0v) is 16.7. The molecule has 1 aromatic heterocycles. The first-order valence-electron chi connectivity index (χ1n) is 9.63. The Labute approximate surface area is 161 Å². The lowest BCUT2D eigenvalue weighted by Crippen LogP contribution is -2.50. The highest BCUT2D eigenvalue weighted by Crippen LogP contribution is 2.20. The molecule has 2 heterocycles. The Bertz CT molecular complexity index is 772. The van der Waals surface area contributed by atoms with E-state index in [0.717, 1.165) is 42.9 Å². The van der Waals surface area contributed by atoms with Crippen molar-refractivity contribution in [3.8, 4) is 0 Å². The fraction of sp³-hybridized carbons (Fsp3) is 0.524. The molecular formula is C21H30N4O2. The van der Waals surface area contributed by atoms with E-state index in [2.05, 4.69) is 36.4 Å². The van der Waals surface area contributed by atoms with E-state index in [-0.39, 0.29) is 18.2 Å². The molecule has 1 aromatic carbocycles. The Hall–Kier alpha value is -2.34. The quantitative estimate of drug-likeness (QED) is 0.879. The molecule has 1 N–H and O–H groups in total. The van der Waals surface area contributed by atoms with Crippen molar-refractivity contribution in [2.24, 2.45) is 0 Å². The van der Waals surface area contributed by atoms with Gasteiger partial charge >= 0.3 is 6.03 Å². The second-order valence-corrected chi connectivity index (χ2v) is 7.38. The molecule has 1 saturated heterocycles. The molecule has 0 radical (unpaired) electrons. The van der Waals surface area contributed by atoms with Crippen LogP contribution in [0.1, 0.15) is 42.3 Å². The van der Waals surface area contributed by atoms with Gasteiger partial charge in [-0.05, 0) is 39.2 Å². The SMILES string of the molecule is COC1CCN(C(=O)NCc2c(C)nn(Cc3ccccc3)c2C)C(C)C1. The number of nitrogens with zero attached hydrogens (tertiary/aromatic N) is 3. The first kappa shape index (κ1) is 19.4. The molecule has 27 heavy (non-hydrogen) atoms. The van der Waals surface area contributed by atoms with Crippen LogP contribution in [-0.2, 0) is 17.8 Å². The summed E-state index contributed by atoms with van der Waals surface area (Å²) in [6.45, 7) is 8.13. The standard InChI is InChI=1S/C21H30N4O2/c1-15-12-19(27-4)10-11-24(15)21(26)22-13-20-16(2)23-25(17(20)3)14-18-8-6-5-7-9-18/h5-9,15,19H,10-14H2,1-4H3,(H,22,26). The molecule has 1 aliphatic heterocycles. The minimum atomic E-state index is -0.00772. The molecule has 6 nitrogen and oxygen atoms in total. The molecule has 2 amide bonds. The van der Waals surface area contributed by atoms with Crippen molar-refractivity contribution in [1.82, 2.24) is 20.0 Å². The summed E-state index contributed by atoms with van der Waals surface area (Å²) in [6.07, 6.45) is 2.03. The number of piperidine rings is 1. The van der Waals surface area contributed by atoms with E-state index in [1.807, 2.05) is 34.7 Å². The monoisotopic (exact) mass is 370 g/mol. The summed E-state index contributed by atoms with van der Waals surface area (Å²) in [4.78, 5) is 14.6. The summed E-state index contributed by atoms with van der Waals surface area (Å²) < 4.78 is 7.45. The zero-order chi connectivity index (χ0) is 19.4. The van der Waals surface area contributed by atoms with Crippen molar-refractivity contribution in [2.75, 3.05) is 13.7 Å². The Morgan fingerprint density at radius 2 is 2.04 bits per heavy atom. The molecule has 6 heteroatoms. The second-order valence-electron chi connectivity index (χ2n) is 7.38. The maximum Gasteiger partial charge on any atom is 0.317 e. The third kappa shape index (κ3) is 4.50. The summed E-state index contributed by atoms with van der Waals surface area (Å²) in [5.41, 5.74) is 4.38. The Kier molecular flexibility index (Phi) is 6.16. The van der Waals surface area contributed by atoms with Crippen LogP contribution in [0.4, 0.5) is 4.79 Å². The van der Waals surface area contributed by atoms with Crippen LogP contribution >= 0.6 is 0 Å². The molecule has 0 saturated carbocycles. The van der Waals surface area contributed by atoms with E-state index in [1.165, 1.54) is 5.56 Å². The fourth-order valence-corrected chi connectivity index (χ4v) is 3.81. The van der Waals surface area contributed by atoms with Crippen LogP contribution in [0.15, 0.2) is 30.3 Å². The van der Waals surface area contributed by atoms with Crippen molar-refractivity contribution in [3.05, 3.63) is 52.8 Å². The summed E-state index contributed by atoms with van der Waals surface area (Å²) >= 11 is 0. The van der Waals surface area contributed by atoms with Crippen LogP contribution in [0.3, 0.4) is 0 Å². The molecule has 0 aliphatic carbocycles. The molecule has 0 spiro atoms. The first-order valence-corrected chi connectivity index (χ1v) is 9.63. The van der Waals surface area contributed by atoms with Crippen LogP contribution in [0.25, 0.3) is 0 Å². The number of rotatable bonds is 5. The molecule has 1 fully saturated rings. The lowest BCUT2D eigenvalue weighted by Gasteiger charge is -2.37. The highest BCUT2D eigenvalue weighted by molar-refractivity contribution is 5.74. The number of hydrogen-bond donors (Lipinski definition) is 1. The van der Waals surface area contributed by atoms with Gasteiger partial charge < -0.3 is 15.0 Å². The number of hydrogen-bond acceptors (Lipinski definition) is 3. The van der Waals surface area contributed by atoms with Gasteiger partial charge in [0, 0.05) is 37.5 Å². The van der Waals surface area contributed by atoms with Gasteiger partial charge in [-0.1, -0.05) is 30.3 Å². The number of aromatic nitrogens is 2. The van der Waals surface area contributed by atoms with Crippen molar-refractivity contribution < 1.29 is 9.53 Å². The van der Waals surface area contributed by atoms with E-state index >= 15 is 0 Å². The third-order valence-corrected chi connectivity index (χ3v) is 5.55. The lowest BCUT2D eigenvalue weighted by molar-refractivity contribution is 0.0293. The van der Waals surface area contributed by atoms with Gasteiger partial charge in [0.05, 0.1) is 18.3 Å². The van der Waals surface area contributed by atoms with E-state index in [4.69, 9.17) is 4.74 Å². The van der Waals surface area contributed by atoms with E-state index in [0.29, 0.717) is 6.54 Å². The predicted molar refractivity (Wildman–Crippen MR) is 106 cm³/mol. The van der Waals surface area contributed by atoms with Crippen molar-refractivity contribution in [3.63, 3.8) is 0 Å². The molecular weight excluding hydrogens is 340 g/mol. The molecule has 1 aliphatic rings. The zero-order valence-electron chi connectivity index (χ0n) is 16.7. The molecule has 2 unspecified atom stereocenters. The topological polar surface area (TPSA) is 59.4 Å². The maximum atomic E-state index is 12.6. The minimum absolute atomic E-state index is 0.00772. The summed E-state index contributed by atoms with van der Waals surface area (Å²) in [5, 5.41) is 7.75.